The van der Waals surface area contributed by atoms with Crippen LogP contribution in [-0.2, 0) is 11.3 Å². The molecule has 5 heteroatoms. The van der Waals surface area contributed by atoms with Crippen molar-refractivity contribution in [2.45, 2.75) is 51.8 Å². The van der Waals surface area contributed by atoms with Crippen LogP contribution in [0, 0.1) is 0 Å². The molecule has 21 heavy (non-hydrogen) atoms. The molecule has 0 amide bonds. The van der Waals surface area contributed by atoms with Gasteiger partial charge in [-0.05, 0) is 45.4 Å². The summed E-state index contributed by atoms with van der Waals surface area (Å²) >= 11 is 0. The molecule has 0 aliphatic carbocycles. The van der Waals surface area contributed by atoms with E-state index in [2.05, 4.69) is 30.7 Å². The van der Waals surface area contributed by atoms with Gasteiger partial charge >= 0.3 is 5.97 Å². The molecule has 1 saturated heterocycles. The maximum Gasteiger partial charge on any atom is 0.354 e. The highest BCUT2D eigenvalue weighted by Gasteiger charge is 2.31. The summed E-state index contributed by atoms with van der Waals surface area (Å²) in [4.78, 5) is 17.6. The molecule has 2 heterocycles. The van der Waals surface area contributed by atoms with Crippen LogP contribution in [0.15, 0.2) is 18.2 Å². The highest BCUT2D eigenvalue weighted by atomic mass is 16.5. The van der Waals surface area contributed by atoms with Gasteiger partial charge in [0.05, 0.1) is 11.3 Å². The monoisotopic (exact) mass is 292 g/mol. The van der Waals surface area contributed by atoms with Gasteiger partial charge in [0.1, 0.15) is 5.69 Å². The van der Waals surface area contributed by atoms with Crippen molar-refractivity contribution >= 4 is 5.97 Å². The summed E-state index contributed by atoms with van der Waals surface area (Å²) in [6.45, 7) is 8.74. The zero-order valence-electron chi connectivity index (χ0n) is 13.0. The molecular formula is C16H24N2O3. The summed E-state index contributed by atoms with van der Waals surface area (Å²) < 4.78 is 5.77. The molecule has 1 aliphatic rings. The summed E-state index contributed by atoms with van der Waals surface area (Å²) in [5.41, 5.74) is 0.823. The van der Waals surface area contributed by atoms with Crippen molar-refractivity contribution in [2.24, 2.45) is 0 Å². The van der Waals surface area contributed by atoms with Gasteiger partial charge < -0.3 is 9.84 Å². The van der Waals surface area contributed by atoms with Crippen LogP contribution in [0.4, 0.5) is 0 Å². The fraction of sp³-hybridized carbons (Fsp3) is 0.625. The number of rotatable bonds is 5. The Hall–Kier alpha value is -1.46. The van der Waals surface area contributed by atoms with E-state index in [4.69, 9.17) is 9.84 Å². The first-order valence-electron chi connectivity index (χ1n) is 7.48. The first-order valence-corrected chi connectivity index (χ1v) is 7.48. The topological polar surface area (TPSA) is 62.7 Å². The summed E-state index contributed by atoms with van der Waals surface area (Å²) in [5, 5.41) is 9.03. The SMILES string of the molecule is CCN(Cc1cccc(C(=O)O)n1)[C@@H]1CCOC(C)(C)C1. The van der Waals surface area contributed by atoms with Crippen molar-refractivity contribution in [1.82, 2.24) is 9.88 Å². The third-order valence-electron chi connectivity index (χ3n) is 3.98. The Balaban J connectivity index is 2.08. The molecule has 1 fully saturated rings. The van der Waals surface area contributed by atoms with Crippen molar-refractivity contribution < 1.29 is 14.6 Å². The van der Waals surface area contributed by atoms with Crippen LogP contribution in [0.2, 0.25) is 0 Å². The van der Waals surface area contributed by atoms with Gasteiger partial charge in [-0.15, -0.1) is 0 Å². The average Bonchev–Trinajstić information content (AvgIpc) is 2.44. The summed E-state index contributed by atoms with van der Waals surface area (Å²) in [6.07, 6.45) is 2.00. The van der Waals surface area contributed by atoms with Crippen LogP contribution < -0.4 is 0 Å². The first kappa shape index (κ1) is 15.9. The van der Waals surface area contributed by atoms with Gasteiger partial charge in [0.2, 0.25) is 0 Å². The number of aromatic nitrogens is 1. The number of aromatic carboxylic acids is 1. The van der Waals surface area contributed by atoms with E-state index in [1.807, 2.05) is 6.07 Å². The van der Waals surface area contributed by atoms with Crippen molar-refractivity contribution in [3.05, 3.63) is 29.6 Å². The van der Waals surface area contributed by atoms with Gasteiger partial charge in [-0.1, -0.05) is 13.0 Å². The molecular weight excluding hydrogens is 268 g/mol. The second-order valence-electron chi connectivity index (χ2n) is 6.14. The molecule has 1 atom stereocenters. The predicted octanol–water partition coefficient (Wildman–Crippen LogP) is 2.56. The largest absolute Gasteiger partial charge is 0.477 e. The van der Waals surface area contributed by atoms with Gasteiger partial charge in [0.15, 0.2) is 0 Å². The van der Waals surface area contributed by atoms with E-state index in [1.54, 1.807) is 6.07 Å². The third kappa shape index (κ3) is 4.25. The van der Waals surface area contributed by atoms with Crippen molar-refractivity contribution in [1.29, 1.82) is 0 Å². The number of hydrogen-bond donors (Lipinski definition) is 1. The molecule has 0 radical (unpaired) electrons. The van der Waals surface area contributed by atoms with Crippen molar-refractivity contribution in [3.8, 4) is 0 Å². The maximum absolute atomic E-state index is 11.0. The molecule has 5 nitrogen and oxygen atoms in total. The minimum absolute atomic E-state index is 0.0906. The van der Waals surface area contributed by atoms with E-state index >= 15 is 0 Å². The van der Waals surface area contributed by atoms with Crippen LogP contribution in [0.25, 0.3) is 0 Å². The number of carbonyl (C=O) groups is 1. The fourth-order valence-corrected chi connectivity index (χ4v) is 2.91. The van der Waals surface area contributed by atoms with E-state index in [0.29, 0.717) is 12.6 Å². The van der Waals surface area contributed by atoms with Gasteiger partial charge in [0.25, 0.3) is 0 Å². The van der Waals surface area contributed by atoms with Gasteiger partial charge in [-0.2, -0.15) is 0 Å². The second kappa shape index (κ2) is 6.54. The molecule has 0 aromatic carbocycles. The molecule has 1 N–H and O–H groups in total. The lowest BCUT2D eigenvalue weighted by Crippen LogP contribution is -2.45. The predicted molar refractivity (Wildman–Crippen MR) is 80.3 cm³/mol. The van der Waals surface area contributed by atoms with Crippen molar-refractivity contribution in [3.63, 3.8) is 0 Å². The number of pyridine rings is 1. The molecule has 2 rings (SSSR count). The van der Waals surface area contributed by atoms with E-state index < -0.39 is 5.97 Å². The van der Waals surface area contributed by atoms with Crippen molar-refractivity contribution in [2.75, 3.05) is 13.2 Å². The van der Waals surface area contributed by atoms with E-state index in [9.17, 15) is 4.79 Å². The van der Waals surface area contributed by atoms with E-state index in [-0.39, 0.29) is 11.3 Å². The smallest absolute Gasteiger partial charge is 0.354 e. The third-order valence-corrected chi connectivity index (χ3v) is 3.98. The molecule has 116 valence electrons. The van der Waals surface area contributed by atoms with Crippen LogP contribution in [0.1, 0.15) is 49.8 Å². The molecule has 1 aromatic heterocycles. The second-order valence-corrected chi connectivity index (χ2v) is 6.14. The lowest BCUT2D eigenvalue weighted by atomic mass is 9.92. The zero-order valence-corrected chi connectivity index (χ0v) is 13.0. The molecule has 0 saturated carbocycles. The number of carboxylic acid groups (broad SMARTS) is 1. The number of carboxylic acids is 1. The van der Waals surface area contributed by atoms with Gasteiger partial charge in [-0.25, -0.2) is 9.78 Å². The Morgan fingerprint density at radius 3 is 2.90 bits per heavy atom. The Labute approximate surface area is 125 Å². The lowest BCUT2D eigenvalue weighted by Gasteiger charge is -2.40. The molecule has 1 aromatic rings. The molecule has 0 unspecified atom stereocenters. The molecule has 1 aliphatic heterocycles. The Bertz CT molecular complexity index is 502. The fourth-order valence-electron chi connectivity index (χ4n) is 2.91. The Morgan fingerprint density at radius 2 is 2.29 bits per heavy atom. The quantitative estimate of drug-likeness (QED) is 0.903. The molecule has 0 spiro atoms. The lowest BCUT2D eigenvalue weighted by molar-refractivity contribution is -0.0840. The van der Waals surface area contributed by atoms with Crippen LogP contribution in [-0.4, -0.2) is 45.8 Å². The standard InChI is InChI=1S/C16H24N2O3/c1-4-18(13-8-9-21-16(2,3)10-13)11-12-6-5-7-14(17-12)15(19)20/h5-7,13H,4,8-11H2,1-3H3,(H,19,20)/t13-/m1/s1. The maximum atomic E-state index is 11.0. The highest BCUT2D eigenvalue weighted by molar-refractivity contribution is 5.85. The van der Waals surface area contributed by atoms with E-state index in [1.165, 1.54) is 6.07 Å². The van der Waals surface area contributed by atoms with Crippen LogP contribution in [0.5, 0.6) is 0 Å². The van der Waals surface area contributed by atoms with E-state index in [0.717, 1.165) is 31.7 Å². The number of nitrogens with zero attached hydrogens (tertiary/aromatic N) is 2. The summed E-state index contributed by atoms with van der Waals surface area (Å²) in [7, 11) is 0. The minimum atomic E-state index is -0.980. The van der Waals surface area contributed by atoms with Crippen LogP contribution in [0.3, 0.4) is 0 Å². The summed E-state index contributed by atoms with van der Waals surface area (Å²) in [6, 6.07) is 5.63. The first-order chi connectivity index (χ1) is 9.91. The number of ether oxygens (including phenoxy) is 1. The normalized spacial score (nSPS) is 21.4. The van der Waals surface area contributed by atoms with Gasteiger partial charge in [-0.3, -0.25) is 4.90 Å². The highest BCUT2D eigenvalue weighted by Crippen LogP contribution is 2.28. The minimum Gasteiger partial charge on any atom is -0.477 e. The van der Waals surface area contributed by atoms with Crippen LogP contribution >= 0.6 is 0 Å². The van der Waals surface area contributed by atoms with Gasteiger partial charge in [0, 0.05) is 19.2 Å². The zero-order chi connectivity index (χ0) is 15.5. The Morgan fingerprint density at radius 1 is 1.52 bits per heavy atom. The molecule has 0 bridgehead atoms. The number of hydrogen-bond acceptors (Lipinski definition) is 4. The average molecular weight is 292 g/mol. The Kier molecular flexibility index (Phi) is 4.96. The summed E-state index contributed by atoms with van der Waals surface area (Å²) in [5.74, 6) is -0.980.